The van der Waals surface area contributed by atoms with Gasteiger partial charge >= 0.3 is 5.97 Å². The molecule has 0 aliphatic heterocycles. The van der Waals surface area contributed by atoms with E-state index in [2.05, 4.69) is 10.6 Å². The highest BCUT2D eigenvalue weighted by atomic mass is 16.4. The Morgan fingerprint density at radius 2 is 1.32 bits per heavy atom. The Bertz CT molecular complexity index is 411. The standard InChI is InChI=1S/C13H25N3O6/c1-5(2)9(13(21)22)15-12(20)10(7(4)18)16-11(19)8(14)6(3)17/h5-10,17-18H,14H2,1-4H3,(H,15,20)(H,16,19)(H,21,22)/t6-,7-,8+,9+,10+/m1/s1. The normalized spacial score (nSPS) is 18.0. The molecule has 0 aromatic heterocycles. The molecule has 22 heavy (non-hydrogen) atoms. The van der Waals surface area contributed by atoms with E-state index in [1.807, 2.05) is 0 Å². The van der Waals surface area contributed by atoms with Gasteiger partial charge in [-0.2, -0.15) is 0 Å². The summed E-state index contributed by atoms with van der Waals surface area (Å²) >= 11 is 0. The molecule has 7 N–H and O–H groups in total. The lowest BCUT2D eigenvalue weighted by Crippen LogP contribution is -2.60. The zero-order chi connectivity index (χ0) is 17.6. The molecule has 0 aliphatic carbocycles. The lowest BCUT2D eigenvalue weighted by molar-refractivity contribution is -0.144. The third-order valence-corrected chi connectivity index (χ3v) is 3.12. The smallest absolute Gasteiger partial charge is 0.326 e. The first-order chi connectivity index (χ1) is 9.98. The minimum absolute atomic E-state index is 0.383. The molecule has 0 unspecified atom stereocenters. The molecule has 9 nitrogen and oxygen atoms in total. The average Bonchev–Trinajstić information content (AvgIpc) is 2.39. The van der Waals surface area contributed by atoms with Crippen molar-refractivity contribution in [2.75, 3.05) is 0 Å². The summed E-state index contributed by atoms with van der Waals surface area (Å²) in [6.45, 7) is 5.79. The molecule has 128 valence electrons. The van der Waals surface area contributed by atoms with E-state index in [0.29, 0.717) is 0 Å². The predicted molar refractivity (Wildman–Crippen MR) is 77.7 cm³/mol. The van der Waals surface area contributed by atoms with Crippen molar-refractivity contribution in [2.45, 2.75) is 58.0 Å². The number of carbonyl (C=O) groups is 3. The number of amides is 2. The minimum Gasteiger partial charge on any atom is -0.480 e. The Hall–Kier alpha value is -1.71. The average molecular weight is 319 g/mol. The number of carboxylic acids is 1. The van der Waals surface area contributed by atoms with E-state index in [-0.39, 0.29) is 5.92 Å². The van der Waals surface area contributed by atoms with Gasteiger partial charge in [-0.05, 0) is 19.8 Å². The van der Waals surface area contributed by atoms with Gasteiger partial charge in [-0.25, -0.2) is 4.79 Å². The van der Waals surface area contributed by atoms with Crippen molar-refractivity contribution in [3.8, 4) is 0 Å². The number of aliphatic carboxylic acids is 1. The topological polar surface area (TPSA) is 162 Å². The molecule has 0 radical (unpaired) electrons. The molecule has 0 fully saturated rings. The molecule has 0 saturated heterocycles. The first kappa shape index (κ1) is 20.3. The number of rotatable bonds is 8. The Labute approximate surface area is 128 Å². The molecule has 0 spiro atoms. The number of hydrogen-bond donors (Lipinski definition) is 6. The molecular formula is C13H25N3O6. The van der Waals surface area contributed by atoms with Gasteiger partial charge in [0.15, 0.2) is 0 Å². The number of carboxylic acid groups (broad SMARTS) is 1. The lowest BCUT2D eigenvalue weighted by atomic mass is 10.0. The second-order valence-corrected chi connectivity index (χ2v) is 5.56. The number of carbonyl (C=O) groups excluding carboxylic acids is 2. The molecule has 0 heterocycles. The van der Waals surface area contributed by atoms with Crippen molar-refractivity contribution >= 4 is 17.8 Å². The zero-order valence-electron chi connectivity index (χ0n) is 13.1. The van der Waals surface area contributed by atoms with E-state index in [1.165, 1.54) is 13.8 Å². The number of aliphatic hydroxyl groups is 2. The summed E-state index contributed by atoms with van der Waals surface area (Å²) in [5, 5.41) is 32.4. The molecule has 0 aromatic carbocycles. The monoisotopic (exact) mass is 319 g/mol. The molecular weight excluding hydrogens is 294 g/mol. The van der Waals surface area contributed by atoms with Gasteiger partial charge in [0.25, 0.3) is 0 Å². The van der Waals surface area contributed by atoms with E-state index in [9.17, 15) is 24.6 Å². The molecule has 0 saturated carbocycles. The number of nitrogens with one attached hydrogen (secondary N) is 2. The molecule has 0 aromatic rings. The fraction of sp³-hybridized carbons (Fsp3) is 0.769. The highest BCUT2D eigenvalue weighted by Gasteiger charge is 2.32. The van der Waals surface area contributed by atoms with Crippen LogP contribution in [0.15, 0.2) is 0 Å². The van der Waals surface area contributed by atoms with Crippen molar-refractivity contribution in [2.24, 2.45) is 11.7 Å². The van der Waals surface area contributed by atoms with Gasteiger partial charge < -0.3 is 31.7 Å². The second-order valence-electron chi connectivity index (χ2n) is 5.56. The van der Waals surface area contributed by atoms with Gasteiger partial charge in [0.05, 0.1) is 12.2 Å². The Kier molecular flexibility index (Phi) is 7.99. The van der Waals surface area contributed by atoms with Gasteiger partial charge in [-0.1, -0.05) is 13.8 Å². The number of aliphatic hydroxyl groups excluding tert-OH is 2. The summed E-state index contributed by atoms with van der Waals surface area (Å²) in [6.07, 6.45) is -2.41. The van der Waals surface area contributed by atoms with Crippen LogP contribution < -0.4 is 16.4 Å². The maximum Gasteiger partial charge on any atom is 0.326 e. The van der Waals surface area contributed by atoms with Crippen LogP contribution in [0.2, 0.25) is 0 Å². The van der Waals surface area contributed by atoms with Gasteiger partial charge in [0.2, 0.25) is 11.8 Å². The van der Waals surface area contributed by atoms with Gasteiger partial charge in [-0.3, -0.25) is 9.59 Å². The first-order valence-electron chi connectivity index (χ1n) is 6.94. The van der Waals surface area contributed by atoms with Crippen molar-refractivity contribution in [3.63, 3.8) is 0 Å². The fourth-order valence-electron chi connectivity index (χ4n) is 1.63. The molecule has 0 bridgehead atoms. The van der Waals surface area contributed by atoms with Crippen LogP contribution in [0.25, 0.3) is 0 Å². The number of hydrogen-bond acceptors (Lipinski definition) is 6. The SMILES string of the molecule is CC(C)[C@H](NC(=O)[C@@H](NC(=O)[C@@H](N)[C@@H](C)O)[C@@H](C)O)C(=O)O. The highest BCUT2D eigenvalue weighted by molar-refractivity contribution is 5.92. The van der Waals surface area contributed by atoms with Crippen LogP contribution in [-0.4, -0.2) is 63.4 Å². The maximum atomic E-state index is 12.1. The van der Waals surface area contributed by atoms with Crippen molar-refractivity contribution in [1.82, 2.24) is 10.6 Å². The van der Waals surface area contributed by atoms with Crippen LogP contribution in [0.5, 0.6) is 0 Å². The van der Waals surface area contributed by atoms with Gasteiger partial charge in [0.1, 0.15) is 18.1 Å². The summed E-state index contributed by atoms with van der Waals surface area (Å²) in [5.74, 6) is -3.28. The van der Waals surface area contributed by atoms with E-state index in [1.54, 1.807) is 13.8 Å². The third-order valence-electron chi connectivity index (χ3n) is 3.12. The summed E-state index contributed by atoms with van der Waals surface area (Å²) in [7, 11) is 0. The predicted octanol–water partition coefficient (Wildman–Crippen LogP) is -2.21. The van der Waals surface area contributed by atoms with Crippen LogP contribution in [0.4, 0.5) is 0 Å². The summed E-state index contributed by atoms with van der Waals surface area (Å²) in [6, 6.07) is -3.80. The first-order valence-corrected chi connectivity index (χ1v) is 6.94. The van der Waals surface area contributed by atoms with Crippen molar-refractivity contribution in [1.29, 1.82) is 0 Å². The van der Waals surface area contributed by atoms with Gasteiger partial charge in [0, 0.05) is 0 Å². The molecule has 5 atom stereocenters. The summed E-state index contributed by atoms with van der Waals surface area (Å²) in [5.41, 5.74) is 5.44. The molecule has 0 aliphatic rings. The minimum atomic E-state index is -1.38. The van der Waals surface area contributed by atoms with E-state index in [0.717, 1.165) is 0 Å². The molecule has 0 rings (SSSR count). The fourth-order valence-corrected chi connectivity index (χ4v) is 1.63. The lowest BCUT2D eigenvalue weighted by Gasteiger charge is -2.26. The Morgan fingerprint density at radius 1 is 0.864 bits per heavy atom. The van der Waals surface area contributed by atoms with E-state index >= 15 is 0 Å². The summed E-state index contributed by atoms with van der Waals surface area (Å²) in [4.78, 5) is 34.9. The van der Waals surface area contributed by atoms with Crippen molar-refractivity contribution < 1.29 is 29.7 Å². The van der Waals surface area contributed by atoms with Crippen LogP contribution in [-0.2, 0) is 14.4 Å². The second kappa shape index (κ2) is 8.66. The van der Waals surface area contributed by atoms with Crippen LogP contribution in [0.1, 0.15) is 27.7 Å². The quantitative estimate of drug-likeness (QED) is 0.295. The highest BCUT2D eigenvalue weighted by Crippen LogP contribution is 2.04. The maximum absolute atomic E-state index is 12.1. The van der Waals surface area contributed by atoms with E-state index in [4.69, 9.17) is 10.8 Å². The Morgan fingerprint density at radius 3 is 1.64 bits per heavy atom. The van der Waals surface area contributed by atoms with Crippen LogP contribution >= 0.6 is 0 Å². The molecule has 2 amide bonds. The number of nitrogens with two attached hydrogens (primary N) is 1. The Balaban J connectivity index is 4.99. The molecule has 9 heteroatoms. The van der Waals surface area contributed by atoms with Crippen molar-refractivity contribution in [3.05, 3.63) is 0 Å². The van der Waals surface area contributed by atoms with E-state index < -0.39 is 48.1 Å². The third kappa shape index (κ3) is 5.96. The zero-order valence-corrected chi connectivity index (χ0v) is 13.1. The van der Waals surface area contributed by atoms with Gasteiger partial charge in [-0.15, -0.1) is 0 Å². The van der Waals surface area contributed by atoms with Crippen LogP contribution in [0.3, 0.4) is 0 Å². The summed E-state index contributed by atoms with van der Waals surface area (Å²) < 4.78 is 0. The largest absolute Gasteiger partial charge is 0.480 e. The van der Waals surface area contributed by atoms with Crippen LogP contribution in [0, 0.1) is 5.92 Å².